The van der Waals surface area contributed by atoms with Crippen LogP contribution in [0.5, 0.6) is 0 Å². The first-order chi connectivity index (χ1) is 13.9. The maximum Gasteiger partial charge on any atom is 0.372 e. The normalized spacial score (nSPS) is 10.1. The molecule has 0 spiro atoms. The lowest BCUT2D eigenvalue weighted by Gasteiger charge is -2.08. The van der Waals surface area contributed by atoms with Gasteiger partial charge in [0.2, 0.25) is 5.78 Å². The summed E-state index contributed by atoms with van der Waals surface area (Å²) in [5.41, 5.74) is 2.25. The molecule has 0 radical (unpaired) electrons. The molecular weight excluding hydrogens is 373 g/mol. The number of hydrogen-bond acceptors (Lipinski definition) is 3. The summed E-state index contributed by atoms with van der Waals surface area (Å²) in [6, 6.07) is 16.6. The highest BCUT2D eigenvalue weighted by atomic mass is 19.1. The minimum Gasteiger partial charge on any atom is -0.475 e. The Kier molecular flexibility index (Phi) is 6.00. The molecule has 0 aliphatic heterocycles. The van der Waals surface area contributed by atoms with E-state index in [1.54, 1.807) is 22.9 Å². The number of halogens is 1. The standard InChI is InChI=1S/C23H16FNO4/c24-19-10-8-17(9-11-19)14-25-15-18(7-6-16-4-2-1-3-5-16)12-20(25)21(26)13-22(27)23(28)29/h1-5,8-12,15H,13-14H2,(H,28,29). The SMILES string of the molecule is O=C(O)C(=O)CC(=O)c1cc(C#Cc2ccccc2)cn1Cc1ccc(F)cc1. The van der Waals surface area contributed by atoms with E-state index in [9.17, 15) is 18.8 Å². The summed E-state index contributed by atoms with van der Waals surface area (Å²) < 4.78 is 14.7. The van der Waals surface area contributed by atoms with E-state index in [4.69, 9.17) is 5.11 Å². The van der Waals surface area contributed by atoms with E-state index >= 15 is 0 Å². The maximum absolute atomic E-state index is 13.1. The largest absolute Gasteiger partial charge is 0.475 e. The molecule has 1 N–H and O–H groups in total. The van der Waals surface area contributed by atoms with Gasteiger partial charge in [0.1, 0.15) is 5.82 Å². The molecule has 144 valence electrons. The molecule has 0 fully saturated rings. The number of aromatic nitrogens is 1. The van der Waals surface area contributed by atoms with Crippen LogP contribution in [0.2, 0.25) is 0 Å². The highest BCUT2D eigenvalue weighted by Gasteiger charge is 2.21. The average Bonchev–Trinajstić information content (AvgIpc) is 3.11. The minimum absolute atomic E-state index is 0.168. The van der Waals surface area contributed by atoms with Crippen molar-refractivity contribution >= 4 is 17.5 Å². The zero-order valence-corrected chi connectivity index (χ0v) is 15.3. The van der Waals surface area contributed by atoms with E-state index in [0.29, 0.717) is 5.56 Å². The van der Waals surface area contributed by atoms with E-state index in [-0.39, 0.29) is 18.1 Å². The van der Waals surface area contributed by atoms with E-state index < -0.39 is 24.0 Å². The van der Waals surface area contributed by atoms with Crippen LogP contribution in [0.25, 0.3) is 0 Å². The molecule has 5 nitrogen and oxygen atoms in total. The molecule has 3 aromatic rings. The van der Waals surface area contributed by atoms with Gasteiger partial charge in [0.15, 0.2) is 5.78 Å². The number of hydrogen-bond donors (Lipinski definition) is 1. The lowest BCUT2D eigenvalue weighted by Crippen LogP contribution is -2.19. The van der Waals surface area contributed by atoms with Gasteiger partial charge >= 0.3 is 5.97 Å². The Morgan fingerprint density at radius 1 is 0.931 bits per heavy atom. The first-order valence-corrected chi connectivity index (χ1v) is 8.73. The zero-order chi connectivity index (χ0) is 20.8. The number of carboxylic acid groups (broad SMARTS) is 1. The number of rotatable bonds is 6. The van der Waals surface area contributed by atoms with Crippen molar-refractivity contribution in [2.24, 2.45) is 0 Å². The Morgan fingerprint density at radius 3 is 2.24 bits per heavy atom. The summed E-state index contributed by atoms with van der Waals surface area (Å²) in [4.78, 5) is 34.7. The van der Waals surface area contributed by atoms with Gasteiger partial charge in [0.25, 0.3) is 0 Å². The minimum atomic E-state index is -1.65. The number of carboxylic acids is 1. The number of nitrogens with zero attached hydrogens (tertiary/aromatic N) is 1. The van der Waals surface area contributed by atoms with E-state index in [1.807, 2.05) is 30.3 Å². The van der Waals surface area contributed by atoms with Gasteiger partial charge < -0.3 is 9.67 Å². The summed E-state index contributed by atoms with van der Waals surface area (Å²) in [5.74, 6) is 2.12. The van der Waals surface area contributed by atoms with Gasteiger partial charge in [0, 0.05) is 23.9 Å². The summed E-state index contributed by atoms with van der Waals surface area (Å²) in [6.45, 7) is 0.246. The third-order valence-electron chi connectivity index (χ3n) is 4.13. The Hall–Kier alpha value is -3.98. The molecule has 0 bridgehead atoms. The number of Topliss-reactive ketones (excluding diaryl/α,β-unsaturated/α-hetero) is 2. The summed E-state index contributed by atoms with van der Waals surface area (Å²) in [7, 11) is 0. The molecule has 0 saturated carbocycles. The Morgan fingerprint density at radius 2 is 1.59 bits per heavy atom. The number of aliphatic carboxylic acids is 1. The first-order valence-electron chi connectivity index (χ1n) is 8.73. The smallest absolute Gasteiger partial charge is 0.372 e. The summed E-state index contributed by atoms with van der Waals surface area (Å²) in [6.07, 6.45) is 0.909. The lowest BCUT2D eigenvalue weighted by atomic mass is 10.1. The van der Waals surface area contributed by atoms with Crippen molar-refractivity contribution in [2.45, 2.75) is 13.0 Å². The fraction of sp³-hybridized carbons (Fsp3) is 0.0870. The molecule has 0 unspecified atom stereocenters. The third kappa shape index (κ3) is 5.27. The number of carbonyl (C=O) groups is 3. The molecule has 2 aromatic carbocycles. The molecule has 1 heterocycles. The number of ketones is 2. The number of carbonyl (C=O) groups excluding carboxylic acids is 2. The van der Waals surface area contributed by atoms with Crippen LogP contribution in [0.15, 0.2) is 66.9 Å². The molecule has 0 aliphatic carbocycles. The van der Waals surface area contributed by atoms with Crippen LogP contribution < -0.4 is 0 Å². The highest BCUT2D eigenvalue weighted by Crippen LogP contribution is 2.15. The molecule has 3 rings (SSSR count). The topological polar surface area (TPSA) is 76.4 Å². The molecule has 1 aromatic heterocycles. The molecule has 0 atom stereocenters. The number of benzene rings is 2. The van der Waals surface area contributed by atoms with Gasteiger partial charge in [0.05, 0.1) is 12.1 Å². The van der Waals surface area contributed by atoms with Gasteiger partial charge in [-0.1, -0.05) is 42.2 Å². The summed E-state index contributed by atoms with van der Waals surface area (Å²) >= 11 is 0. The lowest BCUT2D eigenvalue weighted by molar-refractivity contribution is -0.148. The predicted molar refractivity (Wildman–Crippen MR) is 104 cm³/mol. The van der Waals surface area contributed by atoms with Crippen LogP contribution in [0.4, 0.5) is 4.39 Å². The van der Waals surface area contributed by atoms with Crippen LogP contribution in [0.1, 0.15) is 33.6 Å². The molecular formula is C23H16FNO4. The van der Waals surface area contributed by atoms with Crippen LogP contribution in [-0.4, -0.2) is 27.2 Å². The van der Waals surface area contributed by atoms with E-state index in [2.05, 4.69) is 11.8 Å². The van der Waals surface area contributed by atoms with Crippen molar-refractivity contribution in [3.8, 4) is 11.8 Å². The molecule has 0 saturated heterocycles. The second-order valence-corrected chi connectivity index (χ2v) is 6.31. The van der Waals surface area contributed by atoms with Crippen molar-refractivity contribution in [2.75, 3.05) is 0 Å². The van der Waals surface area contributed by atoms with Crippen molar-refractivity contribution in [1.82, 2.24) is 4.57 Å². The second kappa shape index (κ2) is 8.81. The summed E-state index contributed by atoms with van der Waals surface area (Å²) in [5, 5.41) is 8.76. The molecule has 6 heteroatoms. The maximum atomic E-state index is 13.1. The van der Waals surface area contributed by atoms with Crippen molar-refractivity contribution in [3.63, 3.8) is 0 Å². The average molecular weight is 389 g/mol. The quantitative estimate of drug-likeness (QED) is 0.304. The van der Waals surface area contributed by atoms with Crippen molar-refractivity contribution in [1.29, 1.82) is 0 Å². The van der Waals surface area contributed by atoms with E-state index in [1.165, 1.54) is 18.2 Å². The Balaban J connectivity index is 1.93. The van der Waals surface area contributed by atoms with Crippen LogP contribution in [-0.2, 0) is 16.1 Å². The van der Waals surface area contributed by atoms with Gasteiger partial charge in [-0.25, -0.2) is 9.18 Å². The van der Waals surface area contributed by atoms with Gasteiger partial charge in [-0.15, -0.1) is 0 Å². The Labute approximate surface area is 166 Å². The van der Waals surface area contributed by atoms with Crippen LogP contribution in [0, 0.1) is 17.7 Å². The second-order valence-electron chi connectivity index (χ2n) is 6.31. The monoisotopic (exact) mass is 389 g/mol. The van der Waals surface area contributed by atoms with Crippen molar-refractivity contribution < 1.29 is 23.9 Å². The zero-order valence-electron chi connectivity index (χ0n) is 15.3. The van der Waals surface area contributed by atoms with E-state index in [0.717, 1.165) is 11.1 Å². The molecule has 0 aliphatic rings. The van der Waals surface area contributed by atoms with Crippen LogP contribution in [0.3, 0.4) is 0 Å². The molecule has 0 amide bonds. The van der Waals surface area contributed by atoms with Crippen molar-refractivity contribution in [3.05, 3.63) is 95.1 Å². The molecule has 29 heavy (non-hydrogen) atoms. The van der Waals surface area contributed by atoms with Gasteiger partial charge in [-0.05, 0) is 35.9 Å². The fourth-order valence-corrected chi connectivity index (χ4v) is 2.71. The highest BCUT2D eigenvalue weighted by molar-refractivity contribution is 6.37. The predicted octanol–water partition coefficient (Wildman–Crippen LogP) is 3.30. The van der Waals surface area contributed by atoms with Gasteiger partial charge in [-0.2, -0.15) is 0 Å². The Bertz CT molecular complexity index is 1120. The van der Waals surface area contributed by atoms with Crippen LogP contribution >= 0.6 is 0 Å². The first kappa shape index (κ1) is 19.8. The fourth-order valence-electron chi connectivity index (χ4n) is 2.71. The third-order valence-corrected chi connectivity index (χ3v) is 4.13. The van der Waals surface area contributed by atoms with Gasteiger partial charge in [-0.3, -0.25) is 9.59 Å².